The molecule has 6 bridgehead atoms. The summed E-state index contributed by atoms with van der Waals surface area (Å²) in [4.78, 5) is 18.5. The highest BCUT2D eigenvalue weighted by molar-refractivity contribution is 8.76. The molecule has 84 heavy (non-hydrogen) atoms. The van der Waals surface area contributed by atoms with E-state index in [-0.39, 0.29) is 97.0 Å². The van der Waals surface area contributed by atoms with Crippen LogP contribution in [0.1, 0.15) is 149 Å². The van der Waals surface area contributed by atoms with Gasteiger partial charge in [-0.3, -0.25) is 10.1 Å². The Morgan fingerprint density at radius 3 is 2.51 bits per heavy atom. The molecule has 2 fully saturated rings. The Hall–Kier alpha value is -4.86. The van der Waals surface area contributed by atoms with Crippen LogP contribution in [0.25, 0.3) is 0 Å². The average Bonchev–Trinajstić information content (AvgIpc) is 3.09. The van der Waals surface area contributed by atoms with Crippen molar-refractivity contribution in [3.8, 4) is 52.4 Å². The van der Waals surface area contributed by atoms with Crippen molar-refractivity contribution < 1.29 is 54.4 Å². The fourth-order valence-corrected chi connectivity index (χ4v) is 18.3. The SMILES string of the molecule is CNCC1CCC2(CCC3(CCC(CCC(CO)OC)C4(CC#CC5NC(N)=NC(C(C)C)CSSCC5C5Cc6c7cc(c(c6OC5O)OCN4)CC#Cc4c(ccc(O)c4OCO)CCC(=O)CC(O)CC7)C3)C2)Cc2ccc(O)cc21. The standard InChI is InChI=1S/C66H89N5O11S2/c1-40(2)57-35-84-83-34-55-54-30-53-42-11-16-48(75)28-47(74)15-10-41-13-19-58(77)60(81-39-73)51(41)8-5-7-43(27-42)59(61(53)82-62(54)78)80-38-69-66(22-6-9-56(55)70-63(67)71-57)37-65(24-21-46(66)14-18-50(33-72)79-4)26-25-64(36-65)23-20-45(32-68-3)52-29-49(76)17-12-44(52)31-64/h12-13,17,19,27,29,40,45-46,48,50,54-57,62,68-69,72-73,75-78H,7,10-11,14-16,18,20-26,28,30-39H2,1-4H3,(H3,67,70,71). The van der Waals surface area contributed by atoms with Crippen LogP contribution in [0.3, 0.4) is 0 Å². The van der Waals surface area contributed by atoms with Gasteiger partial charge in [-0.15, -0.1) is 0 Å². The van der Waals surface area contributed by atoms with Gasteiger partial charge in [0.15, 0.2) is 35.8 Å². The number of carbonyl (C=O) groups excluding carboxylic acids is 1. The fourth-order valence-electron chi connectivity index (χ4n) is 15.5. The quantitative estimate of drug-likeness (QED) is 0.0535. The van der Waals surface area contributed by atoms with Gasteiger partial charge < -0.3 is 66.0 Å². The number of aliphatic imine (C=N–C) groups is 1. The van der Waals surface area contributed by atoms with Gasteiger partial charge in [0, 0.05) is 79.3 Å². The van der Waals surface area contributed by atoms with E-state index in [0.29, 0.717) is 83.7 Å². The lowest BCUT2D eigenvalue weighted by Gasteiger charge is -2.52. The van der Waals surface area contributed by atoms with E-state index in [1.54, 1.807) is 34.8 Å². The number of aliphatic hydroxyl groups is 4. The van der Waals surface area contributed by atoms with Crippen LogP contribution < -0.4 is 35.9 Å². The van der Waals surface area contributed by atoms with E-state index < -0.39 is 36.7 Å². The molecule has 4 aliphatic carbocycles. The van der Waals surface area contributed by atoms with E-state index in [2.05, 4.69) is 65.6 Å². The molecule has 16 nitrogen and oxygen atoms in total. The number of aliphatic hydroxyl groups excluding tert-OH is 4. The van der Waals surface area contributed by atoms with Gasteiger partial charge in [-0.2, -0.15) is 0 Å². The summed E-state index contributed by atoms with van der Waals surface area (Å²) in [7, 11) is 7.18. The number of Topliss-reactive ketones (excluding diaryl/α,β-unsaturated/α-hetero) is 1. The molecule has 2 saturated carbocycles. The van der Waals surface area contributed by atoms with Crippen molar-refractivity contribution in [1.82, 2.24) is 16.0 Å². The van der Waals surface area contributed by atoms with E-state index in [1.165, 1.54) is 17.2 Å². The first kappa shape index (κ1) is 62.2. The van der Waals surface area contributed by atoms with Crippen molar-refractivity contribution in [2.24, 2.45) is 45.2 Å². The molecule has 0 aromatic heterocycles. The van der Waals surface area contributed by atoms with Crippen molar-refractivity contribution in [3.63, 3.8) is 0 Å². The molecule has 4 heterocycles. The number of nitrogens with zero attached hydrogens (tertiary/aromatic N) is 1. The summed E-state index contributed by atoms with van der Waals surface area (Å²) < 4.78 is 25.5. The van der Waals surface area contributed by atoms with Gasteiger partial charge in [-0.25, -0.2) is 4.99 Å². The van der Waals surface area contributed by atoms with Crippen LogP contribution in [0.15, 0.2) is 41.4 Å². The highest BCUT2D eigenvalue weighted by atomic mass is 33.1. The first-order chi connectivity index (χ1) is 40.6. The maximum absolute atomic E-state index is 13.5. The number of hydrogen-bond donors (Lipinski definition) is 10. The molecule has 12 unspecified atom stereocenters. The minimum Gasteiger partial charge on any atom is -0.508 e. The molecule has 18 heteroatoms. The molecule has 4 aliphatic heterocycles. The Bertz CT molecular complexity index is 2990. The van der Waals surface area contributed by atoms with Crippen molar-refractivity contribution >= 4 is 33.3 Å². The van der Waals surface area contributed by atoms with Gasteiger partial charge >= 0.3 is 0 Å². The summed E-state index contributed by atoms with van der Waals surface area (Å²) >= 11 is 0. The summed E-state index contributed by atoms with van der Waals surface area (Å²) in [6.45, 7) is 4.44. The maximum Gasteiger partial charge on any atom is 0.201 e. The van der Waals surface area contributed by atoms with Crippen LogP contribution in [0, 0.1) is 58.2 Å². The first-order valence-electron chi connectivity index (χ1n) is 30.7. The van der Waals surface area contributed by atoms with Gasteiger partial charge in [-0.1, -0.05) is 77.3 Å². The minimum absolute atomic E-state index is 0.0158. The monoisotopic (exact) mass is 1190 g/mol. The van der Waals surface area contributed by atoms with Crippen molar-refractivity contribution in [2.45, 2.75) is 178 Å². The number of ether oxygens (including phenoxy) is 4. The highest BCUT2D eigenvalue weighted by Gasteiger charge is 2.56. The average molecular weight is 1190 g/mol. The minimum atomic E-state index is -1.28. The molecule has 11 N–H and O–H groups in total. The zero-order valence-electron chi connectivity index (χ0n) is 49.5. The number of ketones is 1. The molecule has 0 amide bonds. The predicted octanol–water partition coefficient (Wildman–Crippen LogP) is 7.55. The largest absolute Gasteiger partial charge is 0.508 e. The number of rotatable bonds is 10. The highest BCUT2D eigenvalue weighted by Crippen LogP contribution is 2.64. The smallest absolute Gasteiger partial charge is 0.201 e. The van der Waals surface area contributed by atoms with Crippen LogP contribution in [0.4, 0.5) is 0 Å². The van der Waals surface area contributed by atoms with E-state index in [9.17, 15) is 35.4 Å². The summed E-state index contributed by atoms with van der Waals surface area (Å²) in [6.07, 6.45) is 10.2. The summed E-state index contributed by atoms with van der Waals surface area (Å²) in [5.41, 5.74) is 12.4. The number of nitrogens with one attached hydrogen (secondary N) is 3. The van der Waals surface area contributed by atoms with Crippen molar-refractivity contribution in [2.75, 3.05) is 52.3 Å². The molecular weight excluding hydrogens is 1100 g/mol. The van der Waals surface area contributed by atoms with Gasteiger partial charge in [0.1, 0.15) is 18.3 Å². The number of phenolic OH excluding ortho intramolecular Hbond substituents is 2. The third kappa shape index (κ3) is 13.9. The number of likely N-dealkylation sites (N-methyl/N-ethyl adjacent to an activating group) is 1. The van der Waals surface area contributed by atoms with E-state index in [1.807, 2.05) is 19.2 Å². The van der Waals surface area contributed by atoms with Crippen LogP contribution in [0.5, 0.6) is 28.7 Å². The molecule has 3 aromatic carbocycles. The molecule has 11 rings (SSSR count). The number of aryl methyl sites for hydroxylation is 2. The van der Waals surface area contributed by atoms with Crippen molar-refractivity contribution in [3.05, 3.63) is 75.3 Å². The van der Waals surface area contributed by atoms with Crippen LogP contribution in [0.2, 0.25) is 0 Å². The molecule has 3 spiro atoms. The number of hydrogen-bond acceptors (Lipinski definition) is 18. The number of phenols is 2. The lowest BCUT2D eigenvalue weighted by molar-refractivity contribution is -0.121. The number of guanidine groups is 1. The second kappa shape index (κ2) is 27.5. The molecule has 12 atom stereocenters. The number of methoxy groups -OCH3 is 1. The third-order valence-corrected chi connectivity index (χ3v) is 22.5. The van der Waals surface area contributed by atoms with E-state index in [0.717, 1.165) is 87.6 Å². The molecule has 8 aliphatic rings. The fraction of sp³-hybridized carbons (Fsp3) is 0.636. The second-order valence-electron chi connectivity index (χ2n) is 25.7. The Morgan fingerprint density at radius 1 is 0.905 bits per heavy atom. The second-order valence-corrected chi connectivity index (χ2v) is 28.3. The van der Waals surface area contributed by atoms with Crippen LogP contribution in [-0.2, 0) is 41.6 Å². The Balaban J connectivity index is 1.11. The number of aromatic hydroxyl groups is 2. The normalized spacial score (nSPS) is 31.3. The van der Waals surface area contributed by atoms with Gasteiger partial charge in [0.25, 0.3) is 0 Å². The number of nitrogens with two attached hydrogens (primary N) is 1. The zero-order valence-corrected chi connectivity index (χ0v) is 51.1. The lowest BCUT2D eigenvalue weighted by atomic mass is 9.57. The molecule has 0 radical (unpaired) electrons. The zero-order chi connectivity index (χ0) is 59.2. The van der Waals surface area contributed by atoms with E-state index >= 15 is 0 Å². The van der Waals surface area contributed by atoms with Crippen LogP contribution in [-0.4, -0.2) is 131 Å². The Kier molecular flexibility index (Phi) is 20.3. The van der Waals surface area contributed by atoms with Gasteiger partial charge in [-0.05, 0) is 172 Å². The summed E-state index contributed by atoms with van der Waals surface area (Å²) in [6, 6.07) is 10.7. The van der Waals surface area contributed by atoms with Gasteiger partial charge in [0.05, 0.1) is 36.5 Å². The Morgan fingerprint density at radius 2 is 1.71 bits per heavy atom. The topological polar surface area (TPSA) is 250 Å². The first-order valence-corrected chi connectivity index (χ1v) is 33.2. The summed E-state index contributed by atoms with van der Waals surface area (Å²) in [5, 5.41) is 77.4. The number of benzene rings is 3. The number of fused-ring (bicyclic) bond motifs is 8. The van der Waals surface area contributed by atoms with Gasteiger partial charge in [0.2, 0.25) is 6.29 Å². The molecule has 0 saturated heterocycles. The lowest BCUT2D eigenvalue weighted by Crippen LogP contribution is -2.58. The molecular formula is C66H89N5O11S2. The maximum atomic E-state index is 13.5. The Labute approximate surface area is 504 Å². The summed E-state index contributed by atoms with van der Waals surface area (Å²) in [5.74, 6) is 16.6. The van der Waals surface area contributed by atoms with Crippen molar-refractivity contribution in [1.29, 1.82) is 0 Å². The molecule has 3 aromatic rings. The third-order valence-electron chi connectivity index (χ3n) is 20.0. The number of carbonyl (C=O) groups is 1. The molecule has 456 valence electrons. The predicted molar refractivity (Wildman–Crippen MR) is 329 cm³/mol. The van der Waals surface area contributed by atoms with Crippen LogP contribution >= 0.6 is 21.6 Å². The van der Waals surface area contributed by atoms with E-state index in [4.69, 9.17) is 29.7 Å².